The van der Waals surface area contributed by atoms with Crippen LogP contribution in [0.1, 0.15) is 121 Å². The van der Waals surface area contributed by atoms with Crippen LogP contribution in [0.2, 0.25) is 0 Å². The second-order valence-electron chi connectivity index (χ2n) is 21.4. The molecular weight excluding hydrogens is 903 g/mol. The molecule has 3 saturated carbocycles. The average Bonchev–Trinajstić information content (AvgIpc) is 4.00. The Morgan fingerprint density at radius 3 is 2.41 bits per heavy atom. The Morgan fingerprint density at radius 1 is 0.887 bits per heavy atom. The van der Waals surface area contributed by atoms with E-state index in [-0.39, 0.29) is 72.9 Å². The molecule has 14 nitrogen and oxygen atoms in total. The van der Waals surface area contributed by atoms with Crippen LogP contribution >= 0.6 is 0 Å². The lowest BCUT2D eigenvalue weighted by atomic mass is 9.38. The first-order valence-corrected chi connectivity index (χ1v) is 25.8. The van der Waals surface area contributed by atoms with E-state index in [0.717, 1.165) is 67.2 Å². The molecule has 0 aromatic heterocycles. The van der Waals surface area contributed by atoms with E-state index in [4.69, 9.17) is 23.7 Å². The van der Waals surface area contributed by atoms with Crippen LogP contribution in [0.3, 0.4) is 0 Å². The number of hydrogen-bond acceptors (Lipinski definition) is 13. The molecule has 71 heavy (non-hydrogen) atoms. The number of fused-ring (bicyclic) bond motifs is 7. The molecule has 3 heterocycles. The number of carbonyl (C=O) groups excluding carboxylic acids is 2. The summed E-state index contributed by atoms with van der Waals surface area (Å²) >= 11 is 0. The predicted octanol–water partition coefficient (Wildman–Crippen LogP) is 7.69. The molecule has 4 aromatic carbocycles. The number of amides is 2. The van der Waals surface area contributed by atoms with Crippen molar-refractivity contribution in [2.45, 2.75) is 101 Å². The first-order chi connectivity index (χ1) is 34.5. The molecule has 0 saturated heterocycles. The fourth-order valence-electron chi connectivity index (χ4n) is 15.7. The Kier molecular flexibility index (Phi) is 11.6. The Labute approximate surface area is 414 Å². The summed E-state index contributed by atoms with van der Waals surface area (Å²) in [5, 5.41) is 54.3. The number of nitrogens with one attached hydrogen (secondary N) is 2. The molecule has 14 heteroatoms. The van der Waals surface area contributed by atoms with Crippen LogP contribution in [0, 0.1) is 29.1 Å². The van der Waals surface area contributed by atoms with Gasteiger partial charge in [0.05, 0.1) is 45.7 Å². The van der Waals surface area contributed by atoms with Crippen molar-refractivity contribution in [3.05, 3.63) is 99.6 Å². The number of rotatable bonds is 14. The minimum absolute atomic E-state index is 0.00563. The Hall–Kier alpha value is -5.80. The number of phenolic OH excluding ortho intramolecular Hbond substituents is 1. The summed E-state index contributed by atoms with van der Waals surface area (Å²) < 4.78 is 31.3. The van der Waals surface area contributed by atoms with Gasteiger partial charge < -0.3 is 49.4 Å². The van der Waals surface area contributed by atoms with Gasteiger partial charge in [-0.25, -0.2) is 0 Å². The first-order valence-electron chi connectivity index (χ1n) is 25.8. The van der Waals surface area contributed by atoms with Gasteiger partial charge in [0, 0.05) is 76.0 Å². The Morgan fingerprint density at radius 2 is 1.65 bits per heavy atom. The fraction of sp³-hybridized carbons (Fsp3) is 0.509. The first kappa shape index (κ1) is 46.3. The molecule has 6 N–H and O–H groups in total. The van der Waals surface area contributed by atoms with E-state index < -0.39 is 29.6 Å². The SMILES string of the molecule is CCNCOc1cc(OC)c2c3c1C(O)Nc1cc4c(c(c1-3)CC2)C(O)C(c1cc(OC)c(O)c(OCC(CO)C23CC(CN5C(=O)C=CC5=O)C5(CCCC5)C5CCC(CC52)c2ccccc23)c1)CO4. The third-order valence-corrected chi connectivity index (χ3v) is 18.7. The molecule has 2 bridgehead atoms. The smallest absolute Gasteiger partial charge is 0.253 e. The van der Waals surface area contributed by atoms with Gasteiger partial charge >= 0.3 is 0 Å². The number of nitrogens with zero attached hydrogens (tertiary/aromatic N) is 1. The van der Waals surface area contributed by atoms with Crippen LogP contribution < -0.4 is 34.3 Å². The lowest BCUT2D eigenvalue weighted by Gasteiger charge is -2.66. The molecule has 1 spiro atoms. The van der Waals surface area contributed by atoms with E-state index in [2.05, 4.69) is 34.9 Å². The predicted molar refractivity (Wildman–Crippen MR) is 264 cm³/mol. The molecule has 5 aliphatic carbocycles. The third kappa shape index (κ3) is 6.94. The van der Waals surface area contributed by atoms with Gasteiger partial charge in [-0.2, -0.15) is 0 Å². The fourth-order valence-corrected chi connectivity index (χ4v) is 15.7. The maximum Gasteiger partial charge on any atom is 0.253 e. The highest BCUT2D eigenvalue weighted by Crippen LogP contribution is 2.71. The monoisotopic (exact) mass is 967 g/mol. The summed E-state index contributed by atoms with van der Waals surface area (Å²) in [7, 11) is 3.13. The molecule has 12 rings (SSSR count). The zero-order valence-corrected chi connectivity index (χ0v) is 40.8. The number of hydrogen-bond donors (Lipinski definition) is 6. The molecular formula is C57H65N3O11. The van der Waals surface area contributed by atoms with Gasteiger partial charge in [-0.05, 0) is 121 Å². The molecule has 374 valence electrons. The highest BCUT2D eigenvalue weighted by molar-refractivity contribution is 6.12. The lowest BCUT2D eigenvalue weighted by molar-refractivity contribution is -0.148. The second kappa shape index (κ2) is 17.7. The van der Waals surface area contributed by atoms with Crippen molar-refractivity contribution in [1.82, 2.24) is 10.2 Å². The molecule has 3 aliphatic heterocycles. The number of imide groups is 1. The van der Waals surface area contributed by atoms with Gasteiger partial charge in [0.1, 0.15) is 24.0 Å². The number of anilines is 1. The van der Waals surface area contributed by atoms with Gasteiger partial charge in [0.15, 0.2) is 17.7 Å². The standard InChI is InChI=1S/C57H65N3O11/c1-4-58-29-71-44-23-42(67-2)35-12-13-36-49-41(59-55(66)52(44)51(35)49)22-43-50(36)53(64)37(28-70-43)31-20-45(68-3)54(65)46(21-31)69-27-33(26-61)57-24-32(25-60-47(62)15-16-48(60)63)56(17-7-8-18-56)39-14-11-30(19-40(39)57)34-9-5-6-10-38(34)57/h5-6,9-10,15-16,20-23,30,32-33,37,39-40,53,55,58-59,61,64-66H,4,7-8,11-14,17-19,24-29H2,1-3H3. The van der Waals surface area contributed by atoms with E-state index in [1.807, 2.05) is 19.1 Å². The molecule has 9 atom stereocenters. The zero-order valence-electron chi connectivity index (χ0n) is 40.8. The van der Waals surface area contributed by atoms with Gasteiger partial charge in [-0.15, -0.1) is 0 Å². The van der Waals surface area contributed by atoms with E-state index in [1.165, 1.54) is 35.3 Å². The van der Waals surface area contributed by atoms with Gasteiger partial charge in [0.2, 0.25) is 5.75 Å². The molecule has 0 radical (unpaired) electrons. The number of aromatic hydroxyl groups is 1. The van der Waals surface area contributed by atoms with Gasteiger partial charge in [0.25, 0.3) is 11.8 Å². The molecule has 9 unspecified atom stereocenters. The lowest BCUT2D eigenvalue weighted by Crippen LogP contribution is -2.64. The number of aliphatic hydroxyl groups excluding tert-OH is 3. The average molecular weight is 968 g/mol. The molecule has 3 fully saturated rings. The van der Waals surface area contributed by atoms with Crippen molar-refractivity contribution in [3.63, 3.8) is 0 Å². The van der Waals surface area contributed by atoms with Crippen molar-refractivity contribution >= 4 is 17.5 Å². The van der Waals surface area contributed by atoms with E-state index >= 15 is 0 Å². The van der Waals surface area contributed by atoms with Crippen molar-refractivity contribution in [2.24, 2.45) is 29.1 Å². The van der Waals surface area contributed by atoms with Crippen molar-refractivity contribution in [2.75, 3.05) is 59.2 Å². The summed E-state index contributed by atoms with van der Waals surface area (Å²) in [6.45, 7) is 3.33. The zero-order chi connectivity index (χ0) is 48.9. The maximum absolute atomic E-state index is 13.2. The minimum atomic E-state index is -1.06. The van der Waals surface area contributed by atoms with Gasteiger partial charge in [-0.3, -0.25) is 19.8 Å². The minimum Gasteiger partial charge on any atom is -0.502 e. The molecule has 4 aromatic rings. The summed E-state index contributed by atoms with van der Waals surface area (Å²) in [6, 6.07) is 15.9. The Bertz CT molecular complexity index is 2820. The van der Waals surface area contributed by atoms with E-state index in [1.54, 1.807) is 19.2 Å². The normalized spacial score (nSPS) is 28.4. The number of benzene rings is 4. The number of aliphatic hydroxyl groups is 3. The van der Waals surface area contributed by atoms with Crippen molar-refractivity contribution < 1.29 is 53.7 Å². The van der Waals surface area contributed by atoms with Crippen LogP contribution in [0.25, 0.3) is 11.1 Å². The molecule has 8 aliphatic rings. The summed E-state index contributed by atoms with van der Waals surface area (Å²) in [5.74, 6) is 1.42. The highest BCUT2D eigenvalue weighted by Gasteiger charge is 2.66. The third-order valence-electron chi connectivity index (χ3n) is 18.7. The number of methoxy groups -OCH3 is 2. The highest BCUT2D eigenvalue weighted by atomic mass is 16.5. The van der Waals surface area contributed by atoms with Crippen LogP contribution in [0.15, 0.2) is 60.7 Å². The topological polar surface area (TPSA) is 189 Å². The number of carbonyl (C=O) groups is 2. The maximum atomic E-state index is 13.2. The van der Waals surface area contributed by atoms with Crippen LogP contribution in [-0.2, 0) is 27.8 Å². The summed E-state index contributed by atoms with van der Waals surface area (Å²) in [5.41, 5.74) is 8.23. The van der Waals surface area contributed by atoms with Crippen LogP contribution in [0.4, 0.5) is 5.69 Å². The largest absolute Gasteiger partial charge is 0.502 e. The van der Waals surface area contributed by atoms with E-state index in [9.17, 15) is 30.0 Å². The number of ether oxygens (including phenoxy) is 5. The van der Waals surface area contributed by atoms with E-state index in [0.29, 0.717) is 83.8 Å². The molecule has 2 amide bonds. The number of phenols is 1. The van der Waals surface area contributed by atoms with Gasteiger partial charge in [-0.1, -0.05) is 44.0 Å². The second-order valence-corrected chi connectivity index (χ2v) is 21.4. The van der Waals surface area contributed by atoms with Crippen LogP contribution in [0.5, 0.6) is 34.5 Å². The van der Waals surface area contributed by atoms with Crippen LogP contribution in [-0.4, -0.2) is 91.0 Å². The Balaban J connectivity index is 0.896. The van der Waals surface area contributed by atoms with Crippen molar-refractivity contribution in [1.29, 1.82) is 0 Å². The summed E-state index contributed by atoms with van der Waals surface area (Å²) in [4.78, 5) is 27.9. The quantitative estimate of drug-likeness (QED) is 0.0411. The summed E-state index contributed by atoms with van der Waals surface area (Å²) in [6.07, 6.45) is 10.2. The van der Waals surface area contributed by atoms with Crippen molar-refractivity contribution in [3.8, 4) is 45.6 Å².